The van der Waals surface area contributed by atoms with Crippen molar-refractivity contribution < 1.29 is 4.42 Å². The zero-order valence-corrected chi connectivity index (χ0v) is 9.66. The molecule has 4 rings (SSSR count). The van der Waals surface area contributed by atoms with Crippen molar-refractivity contribution in [3.8, 4) is 11.3 Å². The molecule has 0 N–H and O–H groups in total. The van der Waals surface area contributed by atoms with E-state index in [1.165, 1.54) is 27.6 Å². The zero-order valence-electron chi connectivity index (χ0n) is 9.66. The lowest BCUT2D eigenvalue weighted by molar-refractivity contribution is 0.631. The Morgan fingerprint density at radius 1 is 1.06 bits per heavy atom. The van der Waals surface area contributed by atoms with E-state index in [-0.39, 0.29) is 0 Å². The summed E-state index contributed by atoms with van der Waals surface area (Å²) < 4.78 is 5.98. The van der Waals surface area contributed by atoms with E-state index in [9.17, 15) is 0 Å². The van der Waals surface area contributed by atoms with Gasteiger partial charge in [-0.25, -0.2) is 0 Å². The maximum absolute atomic E-state index is 5.98. The first-order chi connectivity index (χ1) is 8.33. The van der Waals surface area contributed by atoms with E-state index in [0.29, 0.717) is 0 Å². The number of fused-ring (bicyclic) bond motifs is 5. The predicted molar refractivity (Wildman–Crippen MR) is 69.2 cm³/mol. The highest BCUT2D eigenvalue weighted by molar-refractivity contribution is 5.91. The van der Waals surface area contributed by atoms with Gasteiger partial charge in [0.15, 0.2) is 0 Å². The second-order valence-electron chi connectivity index (χ2n) is 4.74. The Balaban J connectivity index is 2.06. The molecule has 1 aromatic heterocycles. The number of para-hydroxylation sites is 1. The van der Waals surface area contributed by atoms with Crippen LogP contribution in [0.15, 0.2) is 46.9 Å². The molecule has 0 bridgehead atoms. The highest BCUT2D eigenvalue weighted by atomic mass is 16.3. The van der Waals surface area contributed by atoms with E-state index in [4.69, 9.17) is 4.42 Å². The Morgan fingerprint density at radius 2 is 1.94 bits per heavy atom. The van der Waals surface area contributed by atoms with Crippen LogP contribution in [0.3, 0.4) is 0 Å². The van der Waals surface area contributed by atoms with E-state index in [1.807, 2.05) is 12.1 Å². The van der Waals surface area contributed by atoms with Crippen molar-refractivity contribution >= 4 is 11.0 Å². The normalized spacial score (nSPS) is 12.8. The summed E-state index contributed by atoms with van der Waals surface area (Å²) in [6, 6.07) is 14.9. The Bertz CT molecular complexity index is 734. The van der Waals surface area contributed by atoms with Crippen molar-refractivity contribution in [3.63, 3.8) is 0 Å². The molecule has 2 aromatic carbocycles. The average Bonchev–Trinajstić information content (AvgIpc) is 2.84. The SMILES string of the molecule is Cc1ccc2c(c1)Cc1c-2oc2ccccc12. The molecule has 0 atom stereocenters. The van der Waals surface area contributed by atoms with Crippen LogP contribution < -0.4 is 0 Å². The monoisotopic (exact) mass is 220 g/mol. The third kappa shape index (κ3) is 1.14. The Hall–Kier alpha value is -2.02. The van der Waals surface area contributed by atoms with Crippen molar-refractivity contribution in [2.24, 2.45) is 0 Å². The van der Waals surface area contributed by atoms with Gasteiger partial charge < -0.3 is 4.42 Å². The molecule has 17 heavy (non-hydrogen) atoms. The Labute approximate surface area is 99.7 Å². The van der Waals surface area contributed by atoms with E-state index < -0.39 is 0 Å². The molecule has 0 spiro atoms. The van der Waals surface area contributed by atoms with E-state index >= 15 is 0 Å². The molecular formula is C16H12O. The molecule has 0 aliphatic heterocycles. The van der Waals surface area contributed by atoms with Gasteiger partial charge in [-0.15, -0.1) is 0 Å². The molecule has 3 aromatic rings. The van der Waals surface area contributed by atoms with E-state index in [2.05, 4.69) is 37.3 Å². The fraction of sp³-hybridized carbons (Fsp3) is 0.125. The summed E-state index contributed by atoms with van der Waals surface area (Å²) in [7, 11) is 0. The zero-order chi connectivity index (χ0) is 11.4. The van der Waals surface area contributed by atoms with Gasteiger partial charge in [-0.3, -0.25) is 0 Å². The van der Waals surface area contributed by atoms with Gasteiger partial charge in [0.25, 0.3) is 0 Å². The Kier molecular flexibility index (Phi) is 1.60. The van der Waals surface area contributed by atoms with E-state index in [0.717, 1.165) is 17.8 Å². The lowest BCUT2D eigenvalue weighted by Crippen LogP contribution is -1.82. The van der Waals surface area contributed by atoms with Gasteiger partial charge in [-0.2, -0.15) is 0 Å². The maximum Gasteiger partial charge on any atom is 0.139 e. The van der Waals surface area contributed by atoms with Crippen molar-refractivity contribution in [2.75, 3.05) is 0 Å². The molecule has 1 aliphatic rings. The number of benzene rings is 2. The first-order valence-corrected chi connectivity index (χ1v) is 5.93. The topological polar surface area (TPSA) is 13.1 Å². The molecule has 0 fully saturated rings. The van der Waals surface area contributed by atoms with Crippen molar-refractivity contribution in [3.05, 3.63) is 59.2 Å². The van der Waals surface area contributed by atoms with Crippen molar-refractivity contribution in [2.45, 2.75) is 13.3 Å². The van der Waals surface area contributed by atoms with Gasteiger partial charge in [0, 0.05) is 22.9 Å². The van der Waals surface area contributed by atoms with Crippen LogP contribution in [0.25, 0.3) is 22.3 Å². The summed E-state index contributed by atoms with van der Waals surface area (Å²) in [5.74, 6) is 1.07. The van der Waals surface area contributed by atoms with Gasteiger partial charge in [-0.1, -0.05) is 42.0 Å². The molecular weight excluding hydrogens is 208 g/mol. The summed E-state index contributed by atoms with van der Waals surface area (Å²) in [4.78, 5) is 0. The molecule has 0 radical (unpaired) electrons. The summed E-state index contributed by atoms with van der Waals surface area (Å²) in [6.07, 6.45) is 1.00. The molecule has 82 valence electrons. The summed E-state index contributed by atoms with van der Waals surface area (Å²) in [6.45, 7) is 2.14. The fourth-order valence-corrected chi connectivity index (χ4v) is 2.77. The number of hydrogen-bond donors (Lipinski definition) is 0. The first kappa shape index (κ1) is 9.06. The standard InChI is InChI=1S/C16H12O/c1-10-6-7-12-11(8-10)9-14-13-4-2-3-5-15(13)17-16(12)14/h2-8H,9H2,1H3. The second-order valence-corrected chi connectivity index (χ2v) is 4.74. The first-order valence-electron chi connectivity index (χ1n) is 5.93. The van der Waals surface area contributed by atoms with Crippen LogP contribution in [0.2, 0.25) is 0 Å². The van der Waals surface area contributed by atoms with Crippen LogP contribution in [0.5, 0.6) is 0 Å². The summed E-state index contributed by atoms with van der Waals surface area (Å²) in [5, 5.41) is 1.26. The average molecular weight is 220 g/mol. The maximum atomic E-state index is 5.98. The molecule has 1 heteroatoms. The molecule has 0 saturated carbocycles. The quantitative estimate of drug-likeness (QED) is 0.430. The van der Waals surface area contributed by atoms with Crippen LogP contribution in [0.1, 0.15) is 16.7 Å². The number of aryl methyl sites for hydroxylation is 1. The van der Waals surface area contributed by atoms with Crippen LogP contribution in [-0.2, 0) is 6.42 Å². The molecule has 0 amide bonds. The molecule has 1 aliphatic carbocycles. The van der Waals surface area contributed by atoms with Crippen molar-refractivity contribution in [1.29, 1.82) is 0 Å². The largest absolute Gasteiger partial charge is 0.456 e. The molecule has 0 unspecified atom stereocenters. The molecule has 1 nitrogen and oxygen atoms in total. The number of rotatable bonds is 0. The van der Waals surface area contributed by atoms with Gasteiger partial charge >= 0.3 is 0 Å². The molecule has 1 heterocycles. The lowest BCUT2D eigenvalue weighted by Gasteiger charge is -2.00. The Morgan fingerprint density at radius 3 is 2.88 bits per heavy atom. The molecule has 0 saturated heterocycles. The van der Waals surface area contributed by atoms with Crippen LogP contribution in [0, 0.1) is 6.92 Å². The van der Waals surface area contributed by atoms with Gasteiger partial charge in [0.1, 0.15) is 11.3 Å². The highest BCUT2D eigenvalue weighted by Gasteiger charge is 2.24. The summed E-state index contributed by atoms with van der Waals surface area (Å²) >= 11 is 0. The van der Waals surface area contributed by atoms with Gasteiger partial charge in [0.05, 0.1) is 0 Å². The van der Waals surface area contributed by atoms with Gasteiger partial charge in [0.2, 0.25) is 0 Å². The highest BCUT2D eigenvalue weighted by Crippen LogP contribution is 2.42. The van der Waals surface area contributed by atoms with Crippen LogP contribution >= 0.6 is 0 Å². The van der Waals surface area contributed by atoms with Crippen LogP contribution in [-0.4, -0.2) is 0 Å². The summed E-state index contributed by atoms with van der Waals surface area (Å²) in [5.41, 5.74) is 6.33. The number of furan rings is 1. The minimum Gasteiger partial charge on any atom is -0.456 e. The van der Waals surface area contributed by atoms with E-state index in [1.54, 1.807) is 0 Å². The fourth-order valence-electron chi connectivity index (χ4n) is 2.77. The smallest absolute Gasteiger partial charge is 0.139 e. The third-order valence-corrected chi connectivity index (χ3v) is 3.57. The lowest BCUT2D eigenvalue weighted by atomic mass is 10.1. The van der Waals surface area contributed by atoms with Crippen molar-refractivity contribution in [1.82, 2.24) is 0 Å². The third-order valence-electron chi connectivity index (χ3n) is 3.57. The second kappa shape index (κ2) is 3.01. The predicted octanol–water partition coefficient (Wildman–Crippen LogP) is 4.31. The minimum atomic E-state index is 1.00. The minimum absolute atomic E-state index is 1.00. The van der Waals surface area contributed by atoms with Crippen LogP contribution in [0.4, 0.5) is 0 Å². The van der Waals surface area contributed by atoms with Gasteiger partial charge in [-0.05, 0) is 18.6 Å². The number of hydrogen-bond acceptors (Lipinski definition) is 1.